The first-order chi connectivity index (χ1) is 11.3. The summed E-state index contributed by atoms with van der Waals surface area (Å²) in [6.45, 7) is 0.684. The van der Waals surface area contributed by atoms with Gasteiger partial charge < -0.3 is 14.5 Å². The molecule has 0 atom stereocenters. The summed E-state index contributed by atoms with van der Waals surface area (Å²) in [4.78, 5) is 16.0. The molecule has 1 aromatic carbocycles. The van der Waals surface area contributed by atoms with Crippen molar-refractivity contribution < 1.29 is 13.9 Å². The standard InChI is InChI=1S/C18H22N2O3/c1-22-18(21)14-7-9-15(10-8-14)19-11-16-12-23-17(20-16)13-5-3-2-4-6-13/h2-6,12,14-15,19H,7-11H2,1H3. The Hall–Kier alpha value is -2.14. The van der Waals surface area contributed by atoms with Crippen LogP contribution in [0.15, 0.2) is 41.0 Å². The molecule has 0 amide bonds. The number of benzene rings is 1. The molecule has 1 fully saturated rings. The molecule has 122 valence electrons. The first-order valence-corrected chi connectivity index (χ1v) is 8.07. The van der Waals surface area contributed by atoms with Gasteiger partial charge in [0.1, 0.15) is 6.26 Å². The zero-order valence-corrected chi connectivity index (χ0v) is 13.3. The third-order valence-electron chi connectivity index (χ3n) is 4.41. The van der Waals surface area contributed by atoms with Crippen LogP contribution < -0.4 is 5.32 Å². The highest BCUT2D eigenvalue weighted by molar-refractivity contribution is 5.72. The van der Waals surface area contributed by atoms with Crippen molar-refractivity contribution in [2.45, 2.75) is 38.3 Å². The molecule has 1 N–H and O–H groups in total. The zero-order valence-electron chi connectivity index (χ0n) is 13.3. The lowest BCUT2D eigenvalue weighted by Gasteiger charge is -2.27. The number of nitrogens with zero attached hydrogens (tertiary/aromatic N) is 1. The zero-order chi connectivity index (χ0) is 16.1. The van der Waals surface area contributed by atoms with Gasteiger partial charge in [0.25, 0.3) is 0 Å². The van der Waals surface area contributed by atoms with Gasteiger partial charge in [0.15, 0.2) is 0 Å². The van der Waals surface area contributed by atoms with Gasteiger partial charge in [0.2, 0.25) is 5.89 Å². The lowest BCUT2D eigenvalue weighted by molar-refractivity contribution is -0.146. The van der Waals surface area contributed by atoms with E-state index in [4.69, 9.17) is 9.15 Å². The van der Waals surface area contributed by atoms with E-state index in [0.29, 0.717) is 18.5 Å². The first kappa shape index (κ1) is 15.7. The number of hydrogen-bond donors (Lipinski definition) is 1. The van der Waals surface area contributed by atoms with Gasteiger partial charge in [-0.05, 0) is 37.8 Å². The molecule has 3 rings (SSSR count). The minimum absolute atomic E-state index is 0.0646. The first-order valence-electron chi connectivity index (χ1n) is 8.07. The van der Waals surface area contributed by atoms with Crippen molar-refractivity contribution in [3.8, 4) is 11.5 Å². The fourth-order valence-corrected chi connectivity index (χ4v) is 3.05. The van der Waals surface area contributed by atoms with Gasteiger partial charge >= 0.3 is 5.97 Å². The Morgan fingerprint density at radius 3 is 2.70 bits per heavy atom. The minimum atomic E-state index is -0.0764. The van der Waals surface area contributed by atoms with E-state index in [-0.39, 0.29) is 11.9 Å². The van der Waals surface area contributed by atoms with Gasteiger partial charge in [0.05, 0.1) is 18.7 Å². The summed E-state index contributed by atoms with van der Waals surface area (Å²) < 4.78 is 10.4. The van der Waals surface area contributed by atoms with Crippen LogP contribution in [-0.2, 0) is 16.1 Å². The summed E-state index contributed by atoms with van der Waals surface area (Å²) in [6.07, 6.45) is 5.46. The van der Waals surface area contributed by atoms with E-state index in [2.05, 4.69) is 10.3 Å². The Labute approximate surface area is 136 Å². The Bertz CT molecular complexity index is 631. The molecule has 0 saturated heterocycles. The van der Waals surface area contributed by atoms with Crippen molar-refractivity contribution in [3.63, 3.8) is 0 Å². The van der Waals surface area contributed by atoms with Gasteiger partial charge in [-0.2, -0.15) is 0 Å². The molecule has 0 aliphatic heterocycles. The van der Waals surface area contributed by atoms with Crippen LogP contribution >= 0.6 is 0 Å². The Morgan fingerprint density at radius 2 is 2.00 bits per heavy atom. The van der Waals surface area contributed by atoms with E-state index in [1.165, 1.54) is 7.11 Å². The highest BCUT2D eigenvalue weighted by Crippen LogP contribution is 2.25. The molecule has 2 aromatic rings. The molecule has 5 heteroatoms. The highest BCUT2D eigenvalue weighted by Gasteiger charge is 2.26. The van der Waals surface area contributed by atoms with Crippen LogP contribution in [0, 0.1) is 5.92 Å². The molecule has 5 nitrogen and oxygen atoms in total. The molecule has 1 aliphatic rings. The summed E-state index contributed by atoms with van der Waals surface area (Å²) in [7, 11) is 1.46. The number of nitrogens with one attached hydrogen (secondary N) is 1. The van der Waals surface area contributed by atoms with Gasteiger partial charge in [-0.1, -0.05) is 18.2 Å². The SMILES string of the molecule is COC(=O)C1CCC(NCc2coc(-c3ccccc3)n2)CC1. The smallest absolute Gasteiger partial charge is 0.308 e. The largest absolute Gasteiger partial charge is 0.469 e. The second kappa shape index (κ2) is 7.42. The highest BCUT2D eigenvalue weighted by atomic mass is 16.5. The average Bonchev–Trinajstić information content (AvgIpc) is 3.09. The molecule has 23 heavy (non-hydrogen) atoms. The molecular formula is C18H22N2O3. The lowest BCUT2D eigenvalue weighted by Crippen LogP contribution is -2.34. The number of hydrogen-bond acceptors (Lipinski definition) is 5. The molecule has 1 aromatic heterocycles. The van der Waals surface area contributed by atoms with Gasteiger partial charge in [-0.3, -0.25) is 4.79 Å². The van der Waals surface area contributed by atoms with Crippen LogP contribution in [0.25, 0.3) is 11.5 Å². The monoisotopic (exact) mass is 314 g/mol. The summed E-state index contributed by atoms with van der Waals surface area (Å²) in [5, 5.41) is 3.51. The molecule has 1 aliphatic carbocycles. The average molecular weight is 314 g/mol. The third-order valence-corrected chi connectivity index (χ3v) is 4.41. The summed E-state index contributed by atoms with van der Waals surface area (Å²) >= 11 is 0. The Balaban J connectivity index is 1.48. The van der Waals surface area contributed by atoms with E-state index >= 15 is 0 Å². The quantitative estimate of drug-likeness (QED) is 0.859. The number of rotatable bonds is 5. The molecule has 0 spiro atoms. The number of carbonyl (C=O) groups excluding carboxylic acids is 1. The lowest BCUT2D eigenvalue weighted by atomic mass is 9.86. The second-order valence-electron chi connectivity index (χ2n) is 5.96. The minimum Gasteiger partial charge on any atom is -0.469 e. The Kier molecular flexibility index (Phi) is 5.08. The molecule has 0 radical (unpaired) electrons. The molecule has 1 heterocycles. The summed E-state index contributed by atoms with van der Waals surface area (Å²) in [6, 6.07) is 10.3. The van der Waals surface area contributed by atoms with Crippen LogP contribution in [0.3, 0.4) is 0 Å². The number of carbonyl (C=O) groups is 1. The molecular weight excluding hydrogens is 292 g/mol. The number of oxazole rings is 1. The van der Waals surface area contributed by atoms with E-state index < -0.39 is 0 Å². The van der Waals surface area contributed by atoms with E-state index in [0.717, 1.165) is 36.9 Å². The van der Waals surface area contributed by atoms with Crippen molar-refractivity contribution >= 4 is 5.97 Å². The molecule has 0 unspecified atom stereocenters. The van der Waals surface area contributed by atoms with E-state index in [9.17, 15) is 4.79 Å². The maximum atomic E-state index is 11.5. The maximum Gasteiger partial charge on any atom is 0.308 e. The van der Waals surface area contributed by atoms with Crippen molar-refractivity contribution in [1.82, 2.24) is 10.3 Å². The van der Waals surface area contributed by atoms with Gasteiger partial charge in [0, 0.05) is 18.2 Å². The van der Waals surface area contributed by atoms with Crippen molar-refractivity contribution in [2.75, 3.05) is 7.11 Å². The van der Waals surface area contributed by atoms with Crippen LogP contribution in [0.1, 0.15) is 31.4 Å². The summed E-state index contributed by atoms with van der Waals surface area (Å²) in [5.74, 6) is 0.638. The third kappa shape index (κ3) is 3.99. The number of methoxy groups -OCH3 is 1. The molecule has 1 saturated carbocycles. The van der Waals surface area contributed by atoms with Gasteiger partial charge in [-0.25, -0.2) is 4.98 Å². The number of esters is 1. The molecule has 0 bridgehead atoms. The summed E-state index contributed by atoms with van der Waals surface area (Å²) in [5.41, 5.74) is 1.89. The normalized spacial score (nSPS) is 21.1. The van der Waals surface area contributed by atoms with Crippen LogP contribution in [0.2, 0.25) is 0 Å². The fraction of sp³-hybridized carbons (Fsp3) is 0.444. The van der Waals surface area contributed by atoms with E-state index in [1.807, 2.05) is 30.3 Å². The van der Waals surface area contributed by atoms with Crippen molar-refractivity contribution in [2.24, 2.45) is 5.92 Å². The van der Waals surface area contributed by atoms with Crippen LogP contribution in [0.4, 0.5) is 0 Å². The van der Waals surface area contributed by atoms with Crippen molar-refractivity contribution in [3.05, 3.63) is 42.3 Å². The predicted molar refractivity (Wildman–Crippen MR) is 86.5 cm³/mol. The fourth-order valence-electron chi connectivity index (χ4n) is 3.05. The van der Waals surface area contributed by atoms with Crippen LogP contribution in [0.5, 0.6) is 0 Å². The maximum absolute atomic E-state index is 11.5. The topological polar surface area (TPSA) is 64.4 Å². The van der Waals surface area contributed by atoms with E-state index in [1.54, 1.807) is 6.26 Å². The number of ether oxygens (including phenoxy) is 1. The number of aromatic nitrogens is 1. The van der Waals surface area contributed by atoms with Gasteiger partial charge in [-0.15, -0.1) is 0 Å². The van der Waals surface area contributed by atoms with Crippen LogP contribution in [-0.4, -0.2) is 24.1 Å². The Morgan fingerprint density at radius 1 is 1.26 bits per heavy atom. The predicted octanol–water partition coefficient (Wildman–Crippen LogP) is 3.16. The van der Waals surface area contributed by atoms with Crippen molar-refractivity contribution in [1.29, 1.82) is 0 Å². The second-order valence-corrected chi connectivity index (χ2v) is 5.96.